The molecule has 0 radical (unpaired) electrons. The number of aryl methyl sites for hydroxylation is 1. The molecule has 0 aliphatic carbocycles. The molecule has 0 bridgehead atoms. The molecule has 110 valence electrons. The Bertz CT molecular complexity index is 733. The van der Waals surface area contributed by atoms with Crippen LogP contribution in [0.15, 0.2) is 33.5 Å². The monoisotopic (exact) mass is 319 g/mol. The summed E-state index contributed by atoms with van der Waals surface area (Å²) in [7, 11) is 0. The molecule has 0 atom stereocenters. The summed E-state index contributed by atoms with van der Waals surface area (Å²) < 4.78 is 6.21. The lowest BCUT2D eigenvalue weighted by Gasteiger charge is -2.17. The smallest absolute Gasteiger partial charge is 0.336 e. The standard InChI is InChI=1S/C16H17NO2S2/c1-11-4-5-13-12(9-15(18)19-14(13)8-11)10-21-16(20)17-6-2-3-7-17/h4-5,8-9H,2-3,6-7,10H2,1H3. The van der Waals surface area contributed by atoms with Crippen molar-refractivity contribution in [1.29, 1.82) is 0 Å². The van der Waals surface area contributed by atoms with E-state index in [0.717, 1.165) is 33.9 Å². The Balaban J connectivity index is 1.83. The molecule has 3 rings (SSSR count). The van der Waals surface area contributed by atoms with Gasteiger partial charge in [0.15, 0.2) is 0 Å². The summed E-state index contributed by atoms with van der Waals surface area (Å²) in [6.07, 6.45) is 2.44. The molecular weight excluding hydrogens is 302 g/mol. The van der Waals surface area contributed by atoms with Crippen LogP contribution in [0.2, 0.25) is 0 Å². The van der Waals surface area contributed by atoms with Gasteiger partial charge in [0.05, 0.1) is 0 Å². The first kappa shape index (κ1) is 14.6. The molecule has 1 saturated heterocycles. The van der Waals surface area contributed by atoms with Crippen LogP contribution in [-0.4, -0.2) is 22.3 Å². The van der Waals surface area contributed by atoms with Gasteiger partial charge in [-0.2, -0.15) is 0 Å². The highest BCUT2D eigenvalue weighted by Crippen LogP contribution is 2.25. The van der Waals surface area contributed by atoms with Gasteiger partial charge < -0.3 is 9.32 Å². The zero-order valence-corrected chi connectivity index (χ0v) is 13.6. The molecule has 5 heteroatoms. The fraction of sp³-hybridized carbons (Fsp3) is 0.375. The largest absolute Gasteiger partial charge is 0.423 e. The molecule has 1 aromatic carbocycles. The third-order valence-electron chi connectivity index (χ3n) is 3.70. The van der Waals surface area contributed by atoms with Crippen LogP contribution in [0.4, 0.5) is 0 Å². The molecule has 2 aromatic rings. The quantitative estimate of drug-likeness (QED) is 0.622. The second kappa shape index (κ2) is 6.20. The van der Waals surface area contributed by atoms with Crippen molar-refractivity contribution in [2.24, 2.45) is 0 Å². The number of fused-ring (bicyclic) bond motifs is 1. The Labute approximate surface area is 133 Å². The number of benzene rings is 1. The molecule has 2 heterocycles. The fourth-order valence-corrected chi connectivity index (χ4v) is 3.83. The maximum Gasteiger partial charge on any atom is 0.336 e. The number of likely N-dealkylation sites (tertiary alicyclic amines) is 1. The maximum absolute atomic E-state index is 11.7. The molecule has 0 N–H and O–H groups in total. The van der Waals surface area contributed by atoms with Crippen molar-refractivity contribution >= 4 is 39.3 Å². The van der Waals surface area contributed by atoms with E-state index in [2.05, 4.69) is 4.90 Å². The Morgan fingerprint density at radius 2 is 2.10 bits per heavy atom. The molecule has 21 heavy (non-hydrogen) atoms. The zero-order valence-electron chi connectivity index (χ0n) is 11.9. The minimum atomic E-state index is -0.296. The maximum atomic E-state index is 11.7. The highest BCUT2D eigenvalue weighted by atomic mass is 32.2. The minimum Gasteiger partial charge on any atom is -0.423 e. The number of thiocarbonyl (C=S) groups is 1. The first-order valence-corrected chi connectivity index (χ1v) is 8.48. The lowest BCUT2D eigenvalue weighted by Crippen LogP contribution is -2.23. The van der Waals surface area contributed by atoms with Gasteiger partial charge in [-0.1, -0.05) is 36.1 Å². The zero-order chi connectivity index (χ0) is 14.8. The van der Waals surface area contributed by atoms with Crippen LogP contribution >= 0.6 is 24.0 Å². The summed E-state index contributed by atoms with van der Waals surface area (Å²) in [4.78, 5) is 13.9. The second-order valence-electron chi connectivity index (χ2n) is 5.34. The summed E-state index contributed by atoms with van der Waals surface area (Å²) in [5.41, 5.74) is 2.44. The molecule has 1 aromatic heterocycles. The van der Waals surface area contributed by atoms with Crippen molar-refractivity contribution in [2.45, 2.75) is 25.5 Å². The molecule has 1 aliphatic rings. The summed E-state index contributed by atoms with van der Waals surface area (Å²) in [5, 5.41) is 0.997. The number of hydrogen-bond acceptors (Lipinski definition) is 4. The molecule has 0 unspecified atom stereocenters. The van der Waals surface area contributed by atoms with Crippen molar-refractivity contribution in [3.05, 3.63) is 45.8 Å². The van der Waals surface area contributed by atoms with E-state index in [1.807, 2.05) is 25.1 Å². The molecular formula is C16H17NO2S2. The van der Waals surface area contributed by atoms with Gasteiger partial charge in [0.2, 0.25) is 0 Å². The first-order chi connectivity index (χ1) is 10.1. The Morgan fingerprint density at radius 3 is 2.86 bits per heavy atom. The van der Waals surface area contributed by atoms with Crippen molar-refractivity contribution in [3.8, 4) is 0 Å². The Hall–Kier alpha value is -1.33. The topological polar surface area (TPSA) is 33.5 Å². The van der Waals surface area contributed by atoms with Crippen LogP contribution < -0.4 is 5.63 Å². The Kier molecular flexibility index (Phi) is 4.31. The minimum absolute atomic E-state index is 0.296. The molecule has 0 saturated carbocycles. The number of rotatable bonds is 2. The lowest BCUT2D eigenvalue weighted by molar-refractivity contribution is 0.539. The Morgan fingerprint density at radius 1 is 1.33 bits per heavy atom. The normalized spacial score (nSPS) is 14.8. The summed E-state index contributed by atoms with van der Waals surface area (Å²) >= 11 is 7.11. The van der Waals surface area contributed by atoms with E-state index in [9.17, 15) is 4.79 Å². The number of nitrogens with zero attached hydrogens (tertiary/aromatic N) is 1. The van der Waals surface area contributed by atoms with Gasteiger partial charge in [-0.3, -0.25) is 0 Å². The molecule has 0 spiro atoms. The van der Waals surface area contributed by atoms with E-state index in [4.69, 9.17) is 16.6 Å². The van der Waals surface area contributed by atoms with Gasteiger partial charge in [0.1, 0.15) is 9.90 Å². The summed E-state index contributed by atoms with van der Waals surface area (Å²) in [6, 6.07) is 7.54. The SMILES string of the molecule is Cc1ccc2c(CSC(=S)N3CCCC3)cc(=O)oc2c1. The fourth-order valence-electron chi connectivity index (χ4n) is 2.59. The predicted octanol–water partition coefficient (Wildman–Crippen LogP) is 3.72. The molecule has 1 aliphatic heterocycles. The van der Waals surface area contributed by atoms with Crippen LogP contribution in [0.5, 0.6) is 0 Å². The van der Waals surface area contributed by atoms with Gasteiger partial charge >= 0.3 is 5.63 Å². The van der Waals surface area contributed by atoms with E-state index >= 15 is 0 Å². The summed E-state index contributed by atoms with van der Waals surface area (Å²) in [5.74, 6) is 0.709. The van der Waals surface area contributed by atoms with E-state index in [1.165, 1.54) is 12.8 Å². The lowest BCUT2D eigenvalue weighted by atomic mass is 10.1. The predicted molar refractivity (Wildman–Crippen MR) is 91.9 cm³/mol. The highest BCUT2D eigenvalue weighted by molar-refractivity contribution is 8.22. The van der Waals surface area contributed by atoms with Gasteiger partial charge in [-0.05, 0) is 37.0 Å². The van der Waals surface area contributed by atoms with Crippen molar-refractivity contribution in [2.75, 3.05) is 13.1 Å². The average molecular weight is 319 g/mol. The van der Waals surface area contributed by atoms with Gasteiger partial charge in [0, 0.05) is 30.3 Å². The van der Waals surface area contributed by atoms with Crippen LogP contribution in [0.1, 0.15) is 24.0 Å². The summed E-state index contributed by atoms with van der Waals surface area (Å²) in [6.45, 7) is 4.11. The van der Waals surface area contributed by atoms with E-state index in [-0.39, 0.29) is 5.63 Å². The van der Waals surface area contributed by atoms with E-state index in [1.54, 1.807) is 17.8 Å². The van der Waals surface area contributed by atoms with Gasteiger partial charge in [-0.25, -0.2) is 4.79 Å². The highest BCUT2D eigenvalue weighted by Gasteiger charge is 2.15. The van der Waals surface area contributed by atoms with Crippen LogP contribution in [-0.2, 0) is 5.75 Å². The van der Waals surface area contributed by atoms with E-state index < -0.39 is 0 Å². The molecule has 0 amide bonds. The van der Waals surface area contributed by atoms with Gasteiger partial charge in [-0.15, -0.1) is 0 Å². The van der Waals surface area contributed by atoms with Crippen molar-refractivity contribution < 1.29 is 4.42 Å². The van der Waals surface area contributed by atoms with Gasteiger partial charge in [0.25, 0.3) is 0 Å². The average Bonchev–Trinajstić information content (AvgIpc) is 2.97. The van der Waals surface area contributed by atoms with E-state index in [0.29, 0.717) is 11.3 Å². The first-order valence-electron chi connectivity index (χ1n) is 7.08. The van der Waals surface area contributed by atoms with Crippen LogP contribution in [0, 0.1) is 6.92 Å². The van der Waals surface area contributed by atoms with Crippen LogP contribution in [0.3, 0.4) is 0 Å². The molecule has 3 nitrogen and oxygen atoms in total. The molecule has 1 fully saturated rings. The second-order valence-corrected chi connectivity index (χ2v) is 6.95. The van der Waals surface area contributed by atoms with Crippen molar-refractivity contribution in [3.63, 3.8) is 0 Å². The third-order valence-corrected chi connectivity index (χ3v) is 5.27. The van der Waals surface area contributed by atoms with Crippen molar-refractivity contribution in [1.82, 2.24) is 4.90 Å². The third kappa shape index (κ3) is 3.30. The van der Waals surface area contributed by atoms with Crippen LogP contribution in [0.25, 0.3) is 11.0 Å². The number of thioether (sulfide) groups is 1. The number of hydrogen-bond donors (Lipinski definition) is 0.